The lowest BCUT2D eigenvalue weighted by atomic mass is 9.94. The molecular formula is C18H27N3O2. The van der Waals surface area contributed by atoms with Crippen molar-refractivity contribution in [2.45, 2.75) is 50.3 Å². The van der Waals surface area contributed by atoms with Crippen molar-refractivity contribution in [2.24, 2.45) is 0 Å². The van der Waals surface area contributed by atoms with Crippen LogP contribution < -0.4 is 5.73 Å². The number of benzene rings is 1. The molecule has 0 radical (unpaired) electrons. The van der Waals surface area contributed by atoms with Gasteiger partial charge in [-0.3, -0.25) is 9.69 Å². The van der Waals surface area contributed by atoms with Gasteiger partial charge in [0.1, 0.15) is 0 Å². The molecule has 2 fully saturated rings. The first-order chi connectivity index (χ1) is 11.1. The molecule has 3 N–H and O–H groups in total. The summed E-state index contributed by atoms with van der Waals surface area (Å²) in [5.74, 6) is -0.0560. The van der Waals surface area contributed by atoms with E-state index in [2.05, 4.69) is 4.90 Å². The van der Waals surface area contributed by atoms with Crippen LogP contribution in [-0.2, 0) is 0 Å². The molecule has 2 aliphatic rings. The number of nitrogens with zero attached hydrogens (tertiary/aromatic N) is 2. The predicted molar refractivity (Wildman–Crippen MR) is 91.2 cm³/mol. The van der Waals surface area contributed by atoms with Crippen LogP contribution in [0.3, 0.4) is 0 Å². The summed E-state index contributed by atoms with van der Waals surface area (Å²) in [7, 11) is 1.79. The number of anilines is 1. The SMILES string of the molecule is CN(C(=O)c1ccc(N)cc1)[C@@H]1CN(C2CCCCC2)C[C@H]1O. The van der Waals surface area contributed by atoms with Gasteiger partial charge in [-0.25, -0.2) is 0 Å². The number of aliphatic hydroxyl groups is 1. The van der Waals surface area contributed by atoms with Gasteiger partial charge in [0.2, 0.25) is 0 Å². The van der Waals surface area contributed by atoms with Gasteiger partial charge in [0.05, 0.1) is 12.1 Å². The smallest absolute Gasteiger partial charge is 0.253 e. The Hall–Kier alpha value is -1.59. The monoisotopic (exact) mass is 317 g/mol. The normalized spacial score (nSPS) is 26.3. The fourth-order valence-corrected chi connectivity index (χ4v) is 3.90. The van der Waals surface area contributed by atoms with Crippen LogP contribution in [0.15, 0.2) is 24.3 Å². The Labute approximate surface area is 138 Å². The van der Waals surface area contributed by atoms with E-state index >= 15 is 0 Å². The minimum absolute atomic E-state index is 0.0560. The number of carbonyl (C=O) groups excluding carboxylic acids is 1. The fourth-order valence-electron chi connectivity index (χ4n) is 3.90. The molecular weight excluding hydrogens is 290 g/mol. The number of hydrogen-bond donors (Lipinski definition) is 2. The standard InChI is InChI=1S/C18H27N3O2/c1-20(18(23)13-7-9-14(19)10-8-13)16-11-21(12-17(16)22)15-5-3-2-4-6-15/h7-10,15-17,22H,2-6,11-12,19H2,1H3/t16-,17-/m1/s1. The third-order valence-corrected chi connectivity index (χ3v) is 5.35. The Balaban J connectivity index is 1.65. The number of nitrogen functional groups attached to an aromatic ring is 1. The predicted octanol–water partition coefficient (Wildman–Crippen LogP) is 1.72. The summed E-state index contributed by atoms with van der Waals surface area (Å²) in [5, 5.41) is 10.4. The molecule has 23 heavy (non-hydrogen) atoms. The first kappa shape index (κ1) is 16.3. The lowest BCUT2D eigenvalue weighted by molar-refractivity contribution is 0.0581. The van der Waals surface area contributed by atoms with Crippen LogP contribution in [0.4, 0.5) is 5.69 Å². The van der Waals surface area contributed by atoms with Gasteiger partial charge in [-0.15, -0.1) is 0 Å². The number of likely N-dealkylation sites (N-methyl/N-ethyl adjacent to an activating group) is 1. The Morgan fingerprint density at radius 3 is 2.48 bits per heavy atom. The maximum absolute atomic E-state index is 12.6. The molecule has 1 aliphatic carbocycles. The summed E-state index contributed by atoms with van der Waals surface area (Å²) < 4.78 is 0. The van der Waals surface area contributed by atoms with Gasteiger partial charge in [0.25, 0.3) is 5.91 Å². The van der Waals surface area contributed by atoms with Gasteiger partial charge in [0.15, 0.2) is 0 Å². The van der Waals surface area contributed by atoms with Crippen LogP contribution >= 0.6 is 0 Å². The number of nitrogens with two attached hydrogens (primary N) is 1. The summed E-state index contributed by atoms with van der Waals surface area (Å²) in [5.41, 5.74) is 6.94. The van der Waals surface area contributed by atoms with Crippen LogP contribution in [-0.4, -0.2) is 59.1 Å². The molecule has 5 nitrogen and oxygen atoms in total. The van der Waals surface area contributed by atoms with E-state index in [1.165, 1.54) is 32.1 Å². The zero-order valence-electron chi connectivity index (χ0n) is 13.8. The molecule has 0 bridgehead atoms. The van der Waals surface area contributed by atoms with Crippen molar-refractivity contribution in [2.75, 3.05) is 25.9 Å². The highest BCUT2D eigenvalue weighted by Gasteiger charge is 2.39. The van der Waals surface area contributed by atoms with E-state index in [0.717, 1.165) is 6.54 Å². The van der Waals surface area contributed by atoms with Gasteiger partial charge in [-0.1, -0.05) is 19.3 Å². The van der Waals surface area contributed by atoms with Crippen molar-refractivity contribution in [3.8, 4) is 0 Å². The molecule has 1 heterocycles. The Bertz CT molecular complexity index is 540. The molecule has 0 unspecified atom stereocenters. The lowest BCUT2D eigenvalue weighted by Gasteiger charge is -2.31. The molecule has 1 saturated carbocycles. The fraction of sp³-hybridized carbons (Fsp3) is 0.611. The molecule has 1 aromatic carbocycles. The first-order valence-corrected chi connectivity index (χ1v) is 8.61. The summed E-state index contributed by atoms with van der Waals surface area (Å²) in [6.45, 7) is 1.44. The molecule has 126 valence electrons. The zero-order valence-corrected chi connectivity index (χ0v) is 13.8. The van der Waals surface area contributed by atoms with Crippen LogP contribution in [0.25, 0.3) is 0 Å². The molecule has 2 atom stereocenters. The number of amides is 1. The number of likely N-dealkylation sites (tertiary alicyclic amines) is 1. The van der Waals surface area contributed by atoms with Crippen LogP contribution in [0.1, 0.15) is 42.5 Å². The minimum atomic E-state index is -0.473. The second-order valence-corrected chi connectivity index (χ2v) is 6.92. The van der Waals surface area contributed by atoms with Gasteiger partial charge < -0.3 is 15.7 Å². The van der Waals surface area contributed by atoms with Crippen molar-refractivity contribution in [1.29, 1.82) is 0 Å². The van der Waals surface area contributed by atoms with Crippen LogP contribution in [0, 0.1) is 0 Å². The van der Waals surface area contributed by atoms with Gasteiger partial charge in [0, 0.05) is 37.4 Å². The first-order valence-electron chi connectivity index (χ1n) is 8.61. The number of β-amino-alcohol motifs (C(OH)–C–C–N with tert-alkyl or cyclic N) is 1. The highest BCUT2D eigenvalue weighted by Crippen LogP contribution is 2.27. The maximum atomic E-state index is 12.6. The largest absolute Gasteiger partial charge is 0.399 e. The topological polar surface area (TPSA) is 69.8 Å². The molecule has 0 aromatic heterocycles. The second kappa shape index (κ2) is 6.89. The van der Waals surface area contributed by atoms with Crippen molar-refractivity contribution in [3.63, 3.8) is 0 Å². The average Bonchev–Trinajstić information content (AvgIpc) is 2.97. The summed E-state index contributed by atoms with van der Waals surface area (Å²) in [4.78, 5) is 16.7. The average molecular weight is 317 g/mol. The summed E-state index contributed by atoms with van der Waals surface area (Å²) in [6, 6.07) is 7.40. The summed E-state index contributed by atoms with van der Waals surface area (Å²) in [6.07, 6.45) is 5.85. The summed E-state index contributed by atoms with van der Waals surface area (Å²) >= 11 is 0. The van der Waals surface area contributed by atoms with Crippen molar-refractivity contribution >= 4 is 11.6 Å². The van der Waals surface area contributed by atoms with Gasteiger partial charge in [-0.2, -0.15) is 0 Å². The van der Waals surface area contributed by atoms with Gasteiger partial charge in [-0.05, 0) is 37.1 Å². The molecule has 1 saturated heterocycles. The Kier molecular flexibility index (Phi) is 4.87. The van der Waals surface area contributed by atoms with Crippen LogP contribution in [0.5, 0.6) is 0 Å². The highest BCUT2D eigenvalue weighted by atomic mass is 16.3. The zero-order chi connectivity index (χ0) is 16.4. The molecule has 3 rings (SSSR count). The Morgan fingerprint density at radius 2 is 1.83 bits per heavy atom. The number of rotatable bonds is 3. The minimum Gasteiger partial charge on any atom is -0.399 e. The third kappa shape index (κ3) is 3.51. The molecule has 0 spiro atoms. The molecule has 5 heteroatoms. The second-order valence-electron chi connectivity index (χ2n) is 6.92. The van der Waals surface area contributed by atoms with E-state index in [4.69, 9.17) is 5.73 Å². The van der Waals surface area contributed by atoms with E-state index in [-0.39, 0.29) is 11.9 Å². The van der Waals surface area contributed by atoms with Crippen molar-refractivity contribution in [3.05, 3.63) is 29.8 Å². The van der Waals surface area contributed by atoms with Crippen molar-refractivity contribution in [1.82, 2.24) is 9.80 Å². The van der Waals surface area contributed by atoms with E-state index in [1.54, 1.807) is 36.2 Å². The molecule has 1 aromatic rings. The lowest BCUT2D eigenvalue weighted by Crippen LogP contribution is -2.44. The van der Waals surface area contributed by atoms with Crippen LogP contribution in [0.2, 0.25) is 0 Å². The van der Waals surface area contributed by atoms with E-state index in [9.17, 15) is 9.90 Å². The van der Waals surface area contributed by atoms with Crippen molar-refractivity contribution < 1.29 is 9.90 Å². The number of aliphatic hydroxyl groups excluding tert-OH is 1. The van der Waals surface area contributed by atoms with E-state index in [1.807, 2.05) is 0 Å². The number of hydrogen-bond acceptors (Lipinski definition) is 4. The van der Waals surface area contributed by atoms with E-state index in [0.29, 0.717) is 23.8 Å². The van der Waals surface area contributed by atoms with Gasteiger partial charge >= 0.3 is 0 Å². The molecule has 1 aliphatic heterocycles. The maximum Gasteiger partial charge on any atom is 0.253 e. The third-order valence-electron chi connectivity index (χ3n) is 5.35. The quantitative estimate of drug-likeness (QED) is 0.833. The highest BCUT2D eigenvalue weighted by molar-refractivity contribution is 5.94. The Morgan fingerprint density at radius 1 is 1.17 bits per heavy atom. The van der Waals surface area contributed by atoms with E-state index < -0.39 is 6.10 Å². The molecule has 1 amide bonds. The number of carbonyl (C=O) groups is 1.